The Kier molecular flexibility index (Phi) is 4.39. The Morgan fingerprint density at radius 1 is 0.463 bits per heavy atom. The Hall–Kier alpha value is -4.88. The van der Waals surface area contributed by atoms with Crippen LogP contribution in [-0.2, 0) is 5.41 Å². The first-order chi connectivity index (χ1) is 20.0. The number of para-hydroxylation sites is 1. The molecule has 0 aromatic heterocycles. The topological polar surface area (TPSA) is 3.24 Å². The van der Waals surface area contributed by atoms with Gasteiger partial charge in [0.15, 0.2) is 0 Å². The van der Waals surface area contributed by atoms with Crippen LogP contribution in [0.2, 0.25) is 0 Å². The summed E-state index contributed by atoms with van der Waals surface area (Å²) in [6.45, 7) is 6.98. The third-order valence-corrected chi connectivity index (χ3v) is 9.66. The van der Waals surface area contributed by atoms with Crippen molar-refractivity contribution in [2.75, 3.05) is 4.90 Å². The van der Waals surface area contributed by atoms with E-state index in [-0.39, 0.29) is 5.41 Å². The summed E-state index contributed by atoms with van der Waals surface area (Å²) in [5.41, 5.74) is 7.66. The van der Waals surface area contributed by atoms with Gasteiger partial charge >= 0.3 is 0 Å². The van der Waals surface area contributed by atoms with Crippen LogP contribution in [-0.4, -0.2) is 0 Å². The smallest absolute Gasteiger partial charge is 0.0540 e. The molecule has 1 heteroatoms. The molecule has 1 aliphatic carbocycles. The second-order valence-electron chi connectivity index (χ2n) is 12.2. The lowest BCUT2D eigenvalue weighted by atomic mass is 9.81. The highest BCUT2D eigenvalue weighted by Crippen LogP contribution is 2.52. The molecule has 0 aliphatic heterocycles. The van der Waals surface area contributed by atoms with Crippen molar-refractivity contribution in [3.63, 3.8) is 0 Å². The van der Waals surface area contributed by atoms with Crippen molar-refractivity contribution >= 4 is 70.9 Å². The van der Waals surface area contributed by atoms with Gasteiger partial charge in [-0.2, -0.15) is 0 Å². The summed E-state index contributed by atoms with van der Waals surface area (Å²) in [6, 6.07) is 45.4. The van der Waals surface area contributed by atoms with Crippen LogP contribution in [0.25, 0.3) is 53.9 Å². The van der Waals surface area contributed by atoms with Crippen LogP contribution in [0.5, 0.6) is 0 Å². The van der Waals surface area contributed by atoms with Gasteiger partial charge in [-0.3, -0.25) is 0 Å². The molecule has 0 amide bonds. The molecule has 1 aliphatic rings. The quantitative estimate of drug-likeness (QED) is 0.208. The van der Waals surface area contributed by atoms with E-state index >= 15 is 0 Å². The van der Waals surface area contributed by atoms with E-state index in [9.17, 15) is 0 Å². The van der Waals surface area contributed by atoms with Crippen molar-refractivity contribution < 1.29 is 0 Å². The summed E-state index contributed by atoms with van der Waals surface area (Å²) in [4.78, 5) is 2.47. The lowest BCUT2D eigenvalue weighted by Gasteiger charge is -2.30. The zero-order valence-corrected chi connectivity index (χ0v) is 23.5. The van der Waals surface area contributed by atoms with Crippen LogP contribution in [0, 0.1) is 6.92 Å². The molecule has 8 aromatic carbocycles. The Labute approximate surface area is 239 Å². The first-order valence-corrected chi connectivity index (χ1v) is 14.5. The van der Waals surface area contributed by atoms with Gasteiger partial charge in [0.2, 0.25) is 0 Å². The third-order valence-electron chi connectivity index (χ3n) is 9.66. The molecule has 0 N–H and O–H groups in total. The molecule has 194 valence electrons. The number of rotatable bonds is 3. The first-order valence-electron chi connectivity index (χ1n) is 14.5. The molecule has 0 saturated carbocycles. The second-order valence-corrected chi connectivity index (χ2v) is 12.2. The van der Waals surface area contributed by atoms with Crippen molar-refractivity contribution in [3.8, 4) is 0 Å². The summed E-state index contributed by atoms with van der Waals surface area (Å²) < 4.78 is 0. The van der Waals surface area contributed by atoms with E-state index in [2.05, 4.69) is 147 Å². The minimum absolute atomic E-state index is 0.0694. The fourth-order valence-corrected chi connectivity index (χ4v) is 7.65. The predicted octanol–water partition coefficient (Wildman–Crippen LogP) is 11.3. The highest BCUT2D eigenvalue weighted by molar-refractivity contribution is 6.26. The fraction of sp³-hybridized carbons (Fsp3) is 0.100. The zero-order chi connectivity index (χ0) is 27.5. The van der Waals surface area contributed by atoms with Gasteiger partial charge < -0.3 is 4.90 Å². The lowest BCUT2D eigenvalue weighted by molar-refractivity contribution is 0.663. The van der Waals surface area contributed by atoms with Crippen molar-refractivity contribution in [2.45, 2.75) is 26.2 Å². The molecule has 0 unspecified atom stereocenters. The molecule has 0 saturated heterocycles. The number of anilines is 3. The number of aryl methyl sites for hydroxylation is 1. The summed E-state index contributed by atoms with van der Waals surface area (Å²) in [7, 11) is 0. The molecule has 0 spiro atoms. The molecule has 0 heterocycles. The maximum Gasteiger partial charge on any atom is 0.0540 e. The molecule has 0 bridgehead atoms. The Morgan fingerprint density at radius 3 is 1.93 bits per heavy atom. The monoisotopic (exact) mass is 523 g/mol. The van der Waals surface area contributed by atoms with E-state index in [4.69, 9.17) is 0 Å². The number of benzene rings is 8. The van der Waals surface area contributed by atoms with E-state index in [1.54, 1.807) is 0 Å². The third kappa shape index (κ3) is 2.96. The molecular weight excluding hydrogens is 494 g/mol. The van der Waals surface area contributed by atoms with Gasteiger partial charge in [0.1, 0.15) is 0 Å². The van der Waals surface area contributed by atoms with Crippen LogP contribution in [0.1, 0.15) is 30.5 Å². The van der Waals surface area contributed by atoms with Gasteiger partial charge in [-0.05, 0) is 102 Å². The number of nitrogens with zero attached hydrogens (tertiary/aromatic N) is 1. The molecule has 0 radical (unpaired) electrons. The normalized spacial score (nSPS) is 13.9. The van der Waals surface area contributed by atoms with Crippen LogP contribution in [0.15, 0.2) is 121 Å². The summed E-state index contributed by atoms with van der Waals surface area (Å²) in [6.07, 6.45) is 0. The highest BCUT2D eigenvalue weighted by Gasteiger charge is 2.35. The Balaban J connectivity index is 1.38. The molecule has 9 rings (SSSR count). The van der Waals surface area contributed by atoms with Crippen LogP contribution in [0.3, 0.4) is 0 Å². The highest BCUT2D eigenvalue weighted by atomic mass is 15.1. The number of hydrogen-bond acceptors (Lipinski definition) is 1. The largest absolute Gasteiger partial charge is 0.310 e. The molecule has 8 aromatic rings. The molecule has 1 nitrogen and oxygen atoms in total. The summed E-state index contributed by atoms with van der Waals surface area (Å²) in [5, 5.41) is 13.4. The average Bonchev–Trinajstić information content (AvgIpc) is 3.24. The maximum atomic E-state index is 2.47. The van der Waals surface area contributed by atoms with Crippen LogP contribution < -0.4 is 4.90 Å². The van der Waals surface area contributed by atoms with Gasteiger partial charge in [0, 0.05) is 22.2 Å². The average molecular weight is 524 g/mol. The summed E-state index contributed by atoms with van der Waals surface area (Å²) in [5.74, 6) is 0. The van der Waals surface area contributed by atoms with Crippen LogP contribution >= 0.6 is 0 Å². The van der Waals surface area contributed by atoms with Crippen molar-refractivity contribution in [3.05, 3.63) is 138 Å². The second kappa shape index (κ2) is 7.86. The van der Waals surface area contributed by atoms with Gasteiger partial charge in [0.25, 0.3) is 0 Å². The van der Waals surface area contributed by atoms with Crippen molar-refractivity contribution in [2.24, 2.45) is 0 Å². The minimum Gasteiger partial charge on any atom is -0.310 e. The van der Waals surface area contributed by atoms with E-state index in [1.165, 1.54) is 87.6 Å². The van der Waals surface area contributed by atoms with Gasteiger partial charge in [0.05, 0.1) is 5.69 Å². The molecular formula is C40H29N. The van der Waals surface area contributed by atoms with E-state index in [0.29, 0.717) is 0 Å². The van der Waals surface area contributed by atoms with Crippen molar-refractivity contribution in [1.82, 2.24) is 0 Å². The van der Waals surface area contributed by atoms with E-state index in [0.717, 1.165) is 0 Å². The van der Waals surface area contributed by atoms with Crippen molar-refractivity contribution in [1.29, 1.82) is 0 Å². The standard InChI is InChI=1S/C40H29N/c1-24-12-13-26-17-20-32-35(21-18-27-16-19-31(24)36(26)37(27)32)41(29-9-5-4-6-10-29)30-22-28-15-14-25-8-7-11-33-38(25)39(28)34(23-30)40(33,2)3/h4-23H,1-3H3. The number of hydrogen-bond donors (Lipinski definition) is 0. The SMILES string of the molecule is Cc1ccc2ccc3c(N(c4ccccc4)c4cc5c6c(ccc7cccc(c76)C5(C)C)c4)ccc4ccc1c2c43. The van der Waals surface area contributed by atoms with E-state index < -0.39 is 0 Å². The first kappa shape index (κ1) is 22.9. The predicted molar refractivity (Wildman–Crippen MR) is 177 cm³/mol. The van der Waals surface area contributed by atoms with Gasteiger partial charge in [-0.15, -0.1) is 0 Å². The summed E-state index contributed by atoms with van der Waals surface area (Å²) >= 11 is 0. The maximum absolute atomic E-state index is 2.47. The Bertz CT molecular complexity index is 2340. The zero-order valence-electron chi connectivity index (χ0n) is 23.5. The fourth-order valence-electron chi connectivity index (χ4n) is 7.65. The Morgan fingerprint density at radius 2 is 1.10 bits per heavy atom. The lowest BCUT2D eigenvalue weighted by Crippen LogP contribution is -2.17. The van der Waals surface area contributed by atoms with Gasteiger partial charge in [-0.1, -0.05) is 105 Å². The van der Waals surface area contributed by atoms with E-state index in [1.807, 2.05) is 0 Å². The van der Waals surface area contributed by atoms with Gasteiger partial charge in [-0.25, -0.2) is 0 Å². The minimum atomic E-state index is -0.0694. The van der Waals surface area contributed by atoms with Crippen LogP contribution in [0.4, 0.5) is 17.1 Å². The molecule has 0 atom stereocenters. The molecule has 0 fully saturated rings. The molecule has 41 heavy (non-hydrogen) atoms.